The molecule has 1 fully saturated rings. The molecule has 1 aromatic carbocycles. The maximum absolute atomic E-state index is 11.2. The number of thiazole rings is 1. The fourth-order valence-corrected chi connectivity index (χ4v) is 3.67. The zero-order valence-corrected chi connectivity index (χ0v) is 13.2. The van der Waals surface area contributed by atoms with Crippen molar-refractivity contribution in [2.24, 2.45) is 0 Å². The van der Waals surface area contributed by atoms with Gasteiger partial charge in [0, 0.05) is 11.9 Å². The van der Waals surface area contributed by atoms with E-state index in [1.807, 2.05) is 34.5 Å². The van der Waals surface area contributed by atoms with Crippen LogP contribution in [0.2, 0.25) is 0 Å². The topological polar surface area (TPSA) is 62.7 Å². The van der Waals surface area contributed by atoms with Gasteiger partial charge in [0.15, 0.2) is 0 Å². The second-order valence-corrected chi connectivity index (χ2v) is 6.17. The molecule has 0 bridgehead atoms. The Balaban J connectivity index is 1.78. The van der Waals surface area contributed by atoms with Crippen LogP contribution in [0.15, 0.2) is 29.6 Å². The van der Waals surface area contributed by atoms with Crippen LogP contribution in [-0.4, -0.2) is 40.7 Å². The normalized spacial score (nSPS) is 18.5. The number of hydrogen-bond acceptors (Lipinski definition) is 5. The summed E-state index contributed by atoms with van der Waals surface area (Å²) in [6, 6.07) is 7.41. The number of hydrogen-bond donors (Lipinski definition) is 1. The summed E-state index contributed by atoms with van der Waals surface area (Å²) >= 11 is 1.56. The second-order valence-electron chi connectivity index (χ2n) is 5.31. The lowest BCUT2D eigenvalue weighted by atomic mass is 10.2. The number of ether oxygens (including phenoxy) is 1. The van der Waals surface area contributed by atoms with E-state index >= 15 is 0 Å². The van der Waals surface area contributed by atoms with Gasteiger partial charge in [0.2, 0.25) is 0 Å². The third kappa shape index (κ3) is 2.98. The third-order valence-electron chi connectivity index (χ3n) is 3.90. The fraction of sp³-hybridized carbons (Fsp3) is 0.375. The molecule has 0 radical (unpaired) electrons. The van der Waals surface area contributed by atoms with Gasteiger partial charge in [-0.15, -0.1) is 11.3 Å². The average molecular weight is 318 g/mol. The number of carbonyl (C=O) groups is 1. The van der Waals surface area contributed by atoms with Crippen molar-refractivity contribution in [1.82, 2.24) is 9.88 Å². The summed E-state index contributed by atoms with van der Waals surface area (Å²) in [7, 11) is 1.65. The number of benzene rings is 1. The summed E-state index contributed by atoms with van der Waals surface area (Å²) in [4.78, 5) is 17.9. The Morgan fingerprint density at radius 2 is 2.32 bits per heavy atom. The lowest BCUT2D eigenvalue weighted by molar-refractivity contribution is -0.142. The van der Waals surface area contributed by atoms with Crippen molar-refractivity contribution in [3.63, 3.8) is 0 Å². The van der Waals surface area contributed by atoms with Crippen molar-refractivity contribution in [1.29, 1.82) is 0 Å². The molecule has 5 nitrogen and oxygen atoms in total. The van der Waals surface area contributed by atoms with E-state index in [2.05, 4.69) is 4.98 Å². The van der Waals surface area contributed by atoms with Crippen molar-refractivity contribution in [2.75, 3.05) is 13.7 Å². The number of carboxylic acids is 1. The van der Waals surface area contributed by atoms with Crippen molar-refractivity contribution in [3.05, 3.63) is 35.3 Å². The van der Waals surface area contributed by atoms with Crippen LogP contribution in [-0.2, 0) is 11.3 Å². The standard InChI is InChI=1S/C16H18N2O3S/c1-21-14-7-3-2-5-12(14)15-17-11(10-22-15)9-18-8-4-6-13(18)16(19)20/h2-3,5,7,10,13H,4,6,8-9H2,1H3,(H,19,20)/t13-/m1/s1. The number of nitrogens with zero attached hydrogens (tertiary/aromatic N) is 2. The lowest BCUT2D eigenvalue weighted by Gasteiger charge is -2.19. The Bertz CT molecular complexity index is 671. The van der Waals surface area contributed by atoms with E-state index in [4.69, 9.17) is 4.74 Å². The largest absolute Gasteiger partial charge is 0.496 e. The summed E-state index contributed by atoms with van der Waals surface area (Å²) in [5.41, 5.74) is 1.89. The highest BCUT2D eigenvalue weighted by molar-refractivity contribution is 7.13. The average Bonchev–Trinajstić information content (AvgIpc) is 3.17. The number of methoxy groups -OCH3 is 1. The first-order valence-electron chi connectivity index (χ1n) is 7.23. The predicted octanol–water partition coefficient (Wildman–Crippen LogP) is 2.87. The summed E-state index contributed by atoms with van der Waals surface area (Å²) in [5, 5.41) is 12.1. The van der Waals surface area contributed by atoms with Crippen LogP contribution >= 0.6 is 11.3 Å². The van der Waals surface area contributed by atoms with Gasteiger partial charge in [-0.05, 0) is 31.5 Å². The number of aromatic nitrogens is 1. The van der Waals surface area contributed by atoms with Crippen LogP contribution in [0.3, 0.4) is 0 Å². The first kappa shape index (κ1) is 15.0. The molecule has 1 aliphatic rings. The van der Waals surface area contributed by atoms with E-state index in [-0.39, 0.29) is 6.04 Å². The van der Waals surface area contributed by atoms with Gasteiger partial charge in [-0.25, -0.2) is 4.98 Å². The Hall–Kier alpha value is -1.92. The molecular formula is C16H18N2O3S. The summed E-state index contributed by atoms with van der Waals surface area (Å²) in [5.74, 6) is 0.0608. The van der Waals surface area contributed by atoms with Crippen LogP contribution in [0.4, 0.5) is 0 Å². The van der Waals surface area contributed by atoms with Gasteiger partial charge in [-0.2, -0.15) is 0 Å². The highest BCUT2D eigenvalue weighted by Gasteiger charge is 2.30. The van der Waals surface area contributed by atoms with Gasteiger partial charge in [0.1, 0.15) is 16.8 Å². The van der Waals surface area contributed by atoms with E-state index in [1.165, 1.54) is 0 Å². The van der Waals surface area contributed by atoms with Gasteiger partial charge in [-0.3, -0.25) is 9.69 Å². The van der Waals surface area contributed by atoms with Gasteiger partial charge in [0.25, 0.3) is 0 Å². The SMILES string of the molecule is COc1ccccc1-c1nc(CN2CCC[C@@H]2C(=O)O)cs1. The van der Waals surface area contributed by atoms with Crippen LogP contribution in [0, 0.1) is 0 Å². The molecule has 0 unspecified atom stereocenters. The molecule has 0 amide bonds. The summed E-state index contributed by atoms with van der Waals surface area (Å²) in [6.07, 6.45) is 1.65. The fourth-order valence-electron chi connectivity index (χ4n) is 2.83. The quantitative estimate of drug-likeness (QED) is 0.918. The van der Waals surface area contributed by atoms with Crippen LogP contribution in [0.25, 0.3) is 10.6 Å². The summed E-state index contributed by atoms with van der Waals surface area (Å²) < 4.78 is 5.37. The molecule has 0 spiro atoms. The zero-order chi connectivity index (χ0) is 15.5. The minimum absolute atomic E-state index is 0.378. The monoisotopic (exact) mass is 318 g/mol. The highest BCUT2D eigenvalue weighted by Crippen LogP contribution is 2.32. The van der Waals surface area contributed by atoms with Crippen molar-refractivity contribution in [2.45, 2.75) is 25.4 Å². The third-order valence-corrected chi connectivity index (χ3v) is 4.83. The number of likely N-dealkylation sites (tertiary alicyclic amines) is 1. The highest BCUT2D eigenvalue weighted by atomic mass is 32.1. The van der Waals surface area contributed by atoms with Crippen molar-refractivity contribution < 1.29 is 14.6 Å². The predicted molar refractivity (Wildman–Crippen MR) is 85.2 cm³/mol. The smallest absolute Gasteiger partial charge is 0.320 e. The van der Waals surface area contributed by atoms with Crippen LogP contribution < -0.4 is 4.74 Å². The minimum atomic E-state index is -0.738. The van der Waals surface area contributed by atoms with Crippen molar-refractivity contribution in [3.8, 4) is 16.3 Å². The Kier molecular flexibility index (Phi) is 4.40. The molecule has 0 saturated carbocycles. The molecule has 0 aliphatic carbocycles. The van der Waals surface area contributed by atoms with Crippen molar-refractivity contribution >= 4 is 17.3 Å². The van der Waals surface area contributed by atoms with Gasteiger partial charge < -0.3 is 9.84 Å². The Morgan fingerprint density at radius 3 is 3.09 bits per heavy atom. The molecular weight excluding hydrogens is 300 g/mol. The molecule has 6 heteroatoms. The molecule has 1 saturated heterocycles. The van der Waals surface area contributed by atoms with E-state index < -0.39 is 5.97 Å². The van der Waals surface area contributed by atoms with E-state index in [0.717, 1.165) is 41.4 Å². The molecule has 2 aromatic rings. The molecule has 1 aromatic heterocycles. The van der Waals surface area contributed by atoms with Gasteiger partial charge in [0.05, 0.1) is 18.4 Å². The molecule has 3 rings (SSSR count). The van der Waals surface area contributed by atoms with Gasteiger partial charge >= 0.3 is 5.97 Å². The number of para-hydroxylation sites is 1. The lowest BCUT2D eigenvalue weighted by Crippen LogP contribution is -2.35. The van der Waals surface area contributed by atoms with Crippen LogP contribution in [0.1, 0.15) is 18.5 Å². The molecule has 2 heterocycles. The number of aliphatic carboxylic acids is 1. The maximum Gasteiger partial charge on any atom is 0.320 e. The molecule has 1 atom stereocenters. The van der Waals surface area contributed by atoms with E-state index in [9.17, 15) is 9.90 Å². The Labute approximate surface area is 133 Å². The zero-order valence-electron chi connectivity index (χ0n) is 12.4. The minimum Gasteiger partial charge on any atom is -0.496 e. The number of rotatable bonds is 5. The molecule has 116 valence electrons. The van der Waals surface area contributed by atoms with E-state index in [1.54, 1.807) is 18.4 Å². The molecule has 1 aliphatic heterocycles. The van der Waals surface area contributed by atoms with Gasteiger partial charge in [-0.1, -0.05) is 12.1 Å². The first-order valence-corrected chi connectivity index (χ1v) is 8.11. The van der Waals surface area contributed by atoms with Crippen LogP contribution in [0.5, 0.6) is 5.75 Å². The number of carboxylic acid groups (broad SMARTS) is 1. The molecule has 1 N–H and O–H groups in total. The Morgan fingerprint density at radius 1 is 1.50 bits per heavy atom. The second kappa shape index (κ2) is 6.46. The maximum atomic E-state index is 11.2. The first-order chi connectivity index (χ1) is 10.7. The molecule has 22 heavy (non-hydrogen) atoms. The van der Waals surface area contributed by atoms with E-state index in [0.29, 0.717) is 6.54 Å². The summed E-state index contributed by atoms with van der Waals surface area (Å²) in [6.45, 7) is 1.40.